The summed E-state index contributed by atoms with van der Waals surface area (Å²) in [5, 5.41) is 0. The zero-order valence-corrected chi connectivity index (χ0v) is 8.42. The van der Waals surface area contributed by atoms with Crippen LogP contribution in [0.2, 0.25) is 11.6 Å². The molecule has 1 radical (unpaired) electrons. The molecule has 0 aliphatic heterocycles. The summed E-state index contributed by atoms with van der Waals surface area (Å²) < 4.78 is 0. The molecule has 0 saturated carbocycles. The Morgan fingerprint density at radius 3 is 2.67 bits per heavy atom. The minimum atomic E-state index is 0.762. The van der Waals surface area contributed by atoms with E-state index in [1.54, 1.807) is 0 Å². The Bertz CT molecular complexity index is 138. The standard InChI is InChI=1S/C11H20B/c1-10(2)12-11-8-6-4-3-5-7-9-11/h3-4,10-11H,5-9H2,1-2H3/b4-3-. The highest BCUT2D eigenvalue weighted by Gasteiger charge is 2.11. The Hall–Kier alpha value is -0.195. The first kappa shape index (κ1) is 9.89. The van der Waals surface area contributed by atoms with Gasteiger partial charge >= 0.3 is 0 Å². The van der Waals surface area contributed by atoms with Gasteiger partial charge in [0.15, 0.2) is 0 Å². The van der Waals surface area contributed by atoms with Crippen molar-refractivity contribution >= 4 is 7.28 Å². The molecule has 1 unspecified atom stereocenters. The summed E-state index contributed by atoms with van der Waals surface area (Å²) in [6.07, 6.45) is 11.4. The number of rotatable bonds is 2. The molecule has 0 saturated heterocycles. The molecule has 1 aliphatic carbocycles. The van der Waals surface area contributed by atoms with Crippen LogP contribution in [0.25, 0.3) is 0 Å². The molecule has 1 atom stereocenters. The largest absolute Gasteiger partial charge is 0.117 e. The van der Waals surface area contributed by atoms with Crippen molar-refractivity contribution < 1.29 is 0 Å². The van der Waals surface area contributed by atoms with Gasteiger partial charge in [0.1, 0.15) is 7.28 Å². The molecule has 0 bridgehead atoms. The van der Waals surface area contributed by atoms with Gasteiger partial charge in [-0.05, 0) is 12.8 Å². The zero-order chi connectivity index (χ0) is 8.81. The SMILES string of the molecule is CC(C)[B]C1CC/C=C\CCC1. The Labute approximate surface area is 77.7 Å². The molecule has 0 amide bonds. The third-order valence-corrected chi connectivity index (χ3v) is 2.47. The van der Waals surface area contributed by atoms with Crippen LogP contribution in [0.5, 0.6) is 0 Å². The zero-order valence-electron chi connectivity index (χ0n) is 8.42. The van der Waals surface area contributed by atoms with E-state index in [2.05, 4.69) is 33.3 Å². The maximum Gasteiger partial charge on any atom is 0.117 e. The molecule has 0 N–H and O–H groups in total. The van der Waals surface area contributed by atoms with Crippen LogP contribution in [-0.2, 0) is 0 Å². The maximum atomic E-state index is 2.53. The van der Waals surface area contributed by atoms with E-state index in [9.17, 15) is 0 Å². The van der Waals surface area contributed by atoms with Crippen LogP contribution in [0, 0.1) is 0 Å². The fraction of sp³-hybridized carbons (Fsp3) is 0.818. The molecule has 0 nitrogen and oxygen atoms in total. The van der Waals surface area contributed by atoms with E-state index in [1.165, 1.54) is 32.1 Å². The van der Waals surface area contributed by atoms with Crippen LogP contribution < -0.4 is 0 Å². The lowest BCUT2D eigenvalue weighted by molar-refractivity contribution is 0.626. The van der Waals surface area contributed by atoms with Gasteiger partial charge in [-0.1, -0.05) is 56.9 Å². The average molecular weight is 163 g/mol. The molecule has 0 aromatic carbocycles. The lowest BCUT2D eigenvalue weighted by atomic mass is 9.53. The highest BCUT2D eigenvalue weighted by molar-refractivity contribution is 6.39. The highest BCUT2D eigenvalue weighted by Crippen LogP contribution is 2.26. The van der Waals surface area contributed by atoms with Crippen molar-refractivity contribution in [1.82, 2.24) is 0 Å². The van der Waals surface area contributed by atoms with Crippen molar-refractivity contribution in [3.05, 3.63) is 12.2 Å². The van der Waals surface area contributed by atoms with Crippen LogP contribution in [-0.4, -0.2) is 7.28 Å². The maximum absolute atomic E-state index is 2.53. The van der Waals surface area contributed by atoms with Gasteiger partial charge in [-0.2, -0.15) is 0 Å². The second-order valence-corrected chi connectivity index (χ2v) is 4.18. The molecule has 1 rings (SSSR count). The van der Waals surface area contributed by atoms with E-state index >= 15 is 0 Å². The molecule has 67 valence electrons. The van der Waals surface area contributed by atoms with Crippen molar-refractivity contribution in [1.29, 1.82) is 0 Å². The van der Waals surface area contributed by atoms with Gasteiger partial charge in [-0.15, -0.1) is 0 Å². The first-order valence-electron chi connectivity index (χ1n) is 5.29. The van der Waals surface area contributed by atoms with Crippen molar-refractivity contribution in [2.24, 2.45) is 0 Å². The summed E-state index contributed by atoms with van der Waals surface area (Å²) in [5.41, 5.74) is 0. The number of allylic oxidation sites excluding steroid dienone is 2. The molecular formula is C11H20B. The molecule has 0 fully saturated rings. The van der Waals surface area contributed by atoms with E-state index < -0.39 is 0 Å². The lowest BCUT2D eigenvalue weighted by Gasteiger charge is -2.18. The number of hydrogen-bond donors (Lipinski definition) is 0. The van der Waals surface area contributed by atoms with E-state index in [-0.39, 0.29) is 0 Å². The highest BCUT2D eigenvalue weighted by atomic mass is 14.1. The van der Waals surface area contributed by atoms with E-state index in [0.29, 0.717) is 0 Å². The summed E-state index contributed by atoms with van der Waals surface area (Å²) in [5.74, 6) is 1.65. The topological polar surface area (TPSA) is 0 Å². The Balaban J connectivity index is 2.27. The van der Waals surface area contributed by atoms with Gasteiger partial charge < -0.3 is 0 Å². The molecule has 12 heavy (non-hydrogen) atoms. The third-order valence-electron chi connectivity index (χ3n) is 2.47. The number of hydrogen-bond acceptors (Lipinski definition) is 0. The second-order valence-electron chi connectivity index (χ2n) is 4.18. The van der Waals surface area contributed by atoms with Gasteiger partial charge in [0.25, 0.3) is 0 Å². The van der Waals surface area contributed by atoms with Gasteiger partial charge in [0.05, 0.1) is 0 Å². The molecule has 0 aromatic heterocycles. The Morgan fingerprint density at radius 1 is 1.17 bits per heavy atom. The van der Waals surface area contributed by atoms with E-state index in [0.717, 1.165) is 11.6 Å². The first-order valence-corrected chi connectivity index (χ1v) is 5.29. The van der Waals surface area contributed by atoms with Gasteiger partial charge in [0, 0.05) is 0 Å². The summed E-state index contributed by atoms with van der Waals surface area (Å²) in [6.45, 7) is 4.57. The lowest BCUT2D eigenvalue weighted by Crippen LogP contribution is -2.07. The Morgan fingerprint density at radius 2 is 1.92 bits per heavy atom. The first-order chi connectivity index (χ1) is 5.79. The van der Waals surface area contributed by atoms with Gasteiger partial charge in [-0.25, -0.2) is 0 Å². The molecule has 1 heteroatoms. The normalized spacial score (nSPS) is 27.8. The smallest absolute Gasteiger partial charge is 0.0886 e. The predicted molar refractivity (Wildman–Crippen MR) is 56.8 cm³/mol. The summed E-state index contributed by atoms with van der Waals surface area (Å²) in [6, 6.07) is 0. The summed E-state index contributed by atoms with van der Waals surface area (Å²) in [7, 11) is 2.53. The summed E-state index contributed by atoms with van der Waals surface area (Å²) >= 11 is 0. The quantitative estimate of drug-likeness (QED) is 0.428. The molecule has 0 spiro atoms. The average Bonchev–Trinajstić information content (AvgIpc) is 1.93. The van der Waals surface area contributed by atoms with Crippen molar-refractivity contribution in [2.45, 2.75) is 57.6 Å². The molecule has 1 aliphatic rings. The van der Waals surface area contributed by atoms with Crippen LogP contribution in [0.3, 0.4) is 0 Å². The fourth-order valence-electron chi connectivity index (χ4n) is 1.93. The van der Waals surface area contributed by atoms with Crippen LogP contribution in [0.1, 0.15) is 46.0 Å². The minimum absolute atomic E-state index is 0.762. The second kappa shape index (κ2) is 5.45. The fourth-order valence-corrected chi connectivity index (χ4v) is 1.93. The van der Waals surface area contributed by atoms with Crippen LogP contribution >= 0.6 is 0 Å². The van der Waals surface area contributed by atoms with Crippen molar-refractivity contribution in [3.8, 4) is 0 Å². The molecule has 0 aromatic rings. The van der Waals surface area contributed by atoms with Crippen molar-refractivity contribution in [3.63, 3.8) is 0 Å². The van der Waals surface area contributed by atoms with Crippen LogP contribution in [0.4, 0.5) is 0 Å². The monoisotopic (exact) mass is 163 g/mol. The third kappa shape index (κ3) is 3.99. The van der Waals surface area contributed by atoms with Gasteiger partial charge in [0.2, 0.25) is 0 Å². The minimum Gasteiger partial charge on any atom is -0.0886 e. The molecule has 0 heterocycles. The Kier molecular flexibility index (Phi) is 4.49. The van der Waals surface area contributed by atoms with Crippen LogP contribution in [0.15, 0.2) is 12.2 Å². The van der Waals surface area contributed by atoms with Gasteiger partial charge in [-0.3, -0.25) is 0 Å². The predicted octanol–water partition coefficient (Wildman–Crippen LogP) is 3.83. The van der Waals surface area contributed by atoms with E-state index in [1.807, 2.05) is 0 Å². The summed E-state index contributed by atoms with van der Waals surface area (Å²) in [4.78, 5) is 0. The molecular weight excluding hydrogens is 143 g/mol. The van der Waals surface area contributed by atoms with E-state index in [4.69, 9.17) is 0 Å². The van der Waals surface area contributed by atoms with Crippen molar-refractivity contribution in [2.75, 3.05) is 0 Å².